The van der Waals surface area contributed by atoms with E-state index in [0.717, 1.165) is 0 Å². The molecule has 2 aromatic carbocycles. The molecule has 0 aliphatic heterocycles. The Balaban J connectivity index is -0.0000000304. The van der Waals surface area contributed by atoms with Gasteiger partial charge in [-0.05, 0) is 0 Å². The van der Waals surface area contributed by atoms with E-state index >= 15 is 0 Å². The van der Waals surface area contributed by atoms with Gasteiger partial charge in [0.25, 0.3) is 0 Å². The van der Waals surface area contributed by atoms with Crippen molar-refractivity contribution >= 4 is 33.4 Å². The van der Waals surface area contributed by atoms with Gasteiger partial charge in [0.05, 0.1) is 0 Å². The predicted molar refractivity (Wildman–Crippen MR) is 83.9 cm³/mol. The standard InChI is InChI=1S/2C6H7.4CO.BrH.2Mn.Sb/c2*1-6-4-2-3-5-6;4*1-2;;;;/h2*2-5H,1H3;;;;;1H;;;/q2*-1;;;;;;;;+1/p-1. The summed E-state index contributed by atoms with van der Waals surface area (Å²) in [5, 5.41) is 0. The Morgan fingerprint density at radius 2 is 0.917 bits per heavy atom. The molecule has 0 aromatic heterocycles. The molecule has 0 aliphatic carbocycles. The maximum absolute atomic E-state index is 7.50. The number of rotatable bonds is 0. The second-order valence-electron chi connectivity index (χ2n) is 2.92. The molecule has 0 heterocycles. The minimum Gasteiger partial charge on any atom is 0 e. The van der Waals surface area contributed by atoms with Crippen LogP contribution in [0.1, 0.15) is 11.1 Å². The van der Waals surface area contributed by atoms with Crippen molar-refractivity contribution in [3.63, 3.8) is 0 Å². The van der Waals surface area contributed by atoms with Crippen molar-refractivity contribution in [2.75, 3.05) is 0 Å². The molecule has 0 saturated carbocycles. The quantitative estimate of drug-likeness (QED) is 0.258. The first kappa shape index (κ1) is 43.9. The van der Waals surface area contributed by atoms with Crippen LogP contribution in [0, 0.1) is 40.4 Å². The summed E-state index contributed by atoms with van der Waals surface area (Å²) in [5.41, 5.74) is 2.69. The monoisotopic (exact) mass is 580 g/mol. The largest absolute Gasteiger partial charge is 0 e. The van der Waals surface area contributed by atoms with Gasteiger partial charge in [0, 0.05) is 34.1 Å². The van der Waals surface area contributed by atoms with E-state index in [1.165, 1.54) is 11.1 Å². The van der Waals surface area contributed by atoms with Gasteiger partial charge in [-0.1, -0.05) is 13.8 Å². The third kappa shape index (κ3) is 49.5. The summed E-state index contributed by atoms with van der Waals surface area (Å²) >= 11 is 4.55. The molecule has 4 radical (unpaired) electrons. The van der Waals surface area contributed by atoms with Crippen LogP contribution >= 0.6 is 12.6 Å². The topological polar surface area (TPSA) is 79.6 Å². The molecule has 0 N–H and O–H groups in total. The summed E-state index contributed by atoms with van der Waals surface area (Å²) in [5.74, 6) is 0. The molecule has 4 nitrogen and oxygen atoms in total. The Bertz CT molecular complexity index is 393. The van der Waals surface area contributed by atoms with Crippen molar-refractivity contribution in [3.05, 3.63) is 86.3 Å². The minimum atomic E-state index is 0. The molecule has 2 rings (SSSR count). The van der Waals surface area contributed by atoms with Gasteiger partial charge in [0.2, 0.25) is 0 Å². The molecular formula is C16H14BrMn2O4Sb-2. The average molecular weight is 582 g/mol. The molecule has 0 unspecified atom stereocenters. The van der Waals surface area contributed by atoms with Crippen LogP contribution < -0.4 is 0 Å². The zero-order valence-electron chi connectivity index (χ0n) is 12.8. The zero-order valence-corrected chi connectivity index (χ0v) is 19.3. The molecule has 24 heavy (non-hydrogen) atoms. The fourth-order valence-electron chi connectivity index (χ4n) is 0.940. The van der Waals surface area contributed by atoms with Crippen molar-refractivity contribution in [1.82, 2.24) is 0 Å². The van der Waals surface area contributed by atoms with E-state index in [1.54, 1.807) is 20.8 Å². The van der Waals surface area contributed by atoms with E-state index in [9.17, 15) is 0 Å². The Morgan fingerprint density at radius 3 is 0.958 bits per heavy atom. The van der Waals surface area contributed by atoms with E-state index in [-0.39, 0.29) is 34.1 Å². The van der Waals surface area contributed by atoms with Crippen LogP contribution in [0.15, 0.2) is 48.5 Å². The second kappa shape index (κ2) is 56.8. The van der Waals surface area contributed by atoms with Gasteiger partial charge in [0.1, 0.15) is 0 Å². The van der Waals surface area contributed by atoms with Crippen molar-refractivity contribution in [1.29, 1.82) is 0 Å². The molecule has 0 bridgehead atoms. The van der Waals surface area contributed by atoms with E-state index < -0.39 is 0 Å². The van der Waals surface area contributed by atoms with E-state index in [1.807, 2.05) is 24.3 Å². The Hall–Kier alpha value is -0.00286. The first-order valence-corrected chi connectivity index (χ1v) is 10.9. The van der Waals surface area contributed by atoms with E-state index in [0.29, 0.717) is 0 Å². The van der Waals surface area contributed by atoms with Crippen LogP contribution in [0.25, 0.3) is 0 Å². The molecule has 0 spiro atoms. The normalized spacial score (nSPS) is 5.00. The summed E-state index contributed by atoms with van der Waals surface area (Å²) in [6.45, 7) is 22.2. The maximum Gasteiger partial charge on any atom is 0 e. The first-order chi connectivity index (χ1) is 10.8. The summed E-state index contributed by atoms with van der Waals surface area (Å²) in [7, 11) is 0. The average Bonchev–Trinajstić information content (AvgIpc) is 3.31. The van der Waals surface area contributed by atoms with Crippen LogP contribution in [0.3, 0.4) is 0 Å². The van der Waals surface area contributed by atoms with Gasteiger partial charge in [-0.15, -0.1) is 0 Å². The fourth-order valence-corrected chi connectivity index (χ4v) is 0.940. The number of hydrogen-bond donors (Lipinski definition) is 0. The van der Waals surface area contributed by atoms with E-state index in [2.05, 4.69) is 77.3 Å². The summed E-state index contributed by atoms with van der Waals surface area (Å²) in [4.78, 5) is 0. The van der Waals surface area contributed by atoms with Crippen LogP contribution in [0.2, 0.25) is 0 Å². The zero-order chi connectivity index (χ0) is 18.8. The fraction of sp³-hybridized carbons (Fsp3) is 0.125. The van der Waals surface area contributed by atoms with Gasteiger partial charge in [-0.3, -0.25) is 0 Å². The van der Waals surface area contributed by atoms with Crippen molar-refractivity contribution in [2.45, 2.75) is 13.8 Å². The van der Waals surface area contributed by atoms with Crippen LogP contribution in [0.4, 0.5) is 0 Å². The Morgan fingerprint density at radius 1 is 0.708 bits per heavy atom. The maximum atomic E-state index is 7.50. The number of halogens is 1. The van der Waals surface area contributed by atoms with Crippen LogP contribution in [-0.4, -0.2) is 20.8 Å². The molecule has 0 fully saturated rings. The van der Waals surface area contributed by atoms with Crippen molar-refractivity contribution in [3.8, 4) is 0 Å². The SMILES string of the molecule is Cc1cc[cH-]c1.Cc1cc[cH-]c1.[Br][Sb].[C-]#[O+].[C-]#[O+].[C-]#[O+].[C-]#[O+].[Mn].[Mn]. The van der Waals surface area contributed by atoms with Crippen LogP contribution in [-0.2, 0) is 52.7 Å². The molecule has 0 saturated heterocycles. The predicted octanol–water partition coefficient (Wildman–Crippen LogP) is 3.74. The summed E-state index contributed by atoms with van der Waals surface area (Å²) in [6, 6.07) is 16.5. The molecule has 2 aromatic rings. The third-order valence-corrected chi connectivity index (χ3v) is 1.66. The van der Waals surface area contributed by atoms with Gasteiger partial charge >= 0.3 is 78.6 Å². The molecule has 8 heteroatoms. The van der Waals surface area contributed by atoms with Gasteiger partial charge in [0.15, 0.2) is 0 Å². The molecule has 0 atom stereocenters. The van der Waals surface area contributed by atoms with Gasteiger partial charge in [-0.2, -0.15) is 36.4 Å². The summed E-state index contributed by atoms with van der Waals surface area (Å²) < 4.78 is 30.0. The smallest absolute Gasteiger partial charge is 0 e. The minimum absolute atomic E-state index is 0. The Kier molecular flexibility index (Phi) is 104. The third-order valence-electron chi connectivity index (χ3n) is 1.66. The Labute approximate surface area is 184 Å². The van der Waals surface area contributed by atoms with Crippen molar-refractivity contribution in [2.24, 2.45) is 0 Å². The molecular weight excluding hydrogens is 568 g/mol. The van der Waals surface area contributed by atoms with Crippen LogP contribution in [0.5, 0.6) is 0 Å². The number of aryl methyl sites for hydroxylation is 2. The van der Waals surface area contributed by atoms with E-state index in [4.69, 9.17) is 18.6 Å². The molecule has 0 aliphatic rings. The van der Waals surface area contributed by atoms with Gasteiger partial charge < -0.3 is 0 Å². The second-order valence-corrected chi connectivity index (χ2v) is 2.92. The van der Waals surface area contributed by atoms with Crippen molar-refractivity contribution < 1.29 is 52.7 Å². The number of hydrogen-bond acceptors (Lipinski definition) is 0. The molecule has 0 amide bonds. The van der Waals surface area contributed by atoms with Gasteiger partial charge in [-0.25, -0.2) is 23.3 Å². The first-order valence-electron chi connectivity index (χ1n) is 5.14. The molecule has 130 valence electrons. The summed E-state index contributed by atoms with van der Waals surface area (Å²) in [6.07, 6.45) is 0.